The molecule has 4 nitrogen and oxygen atoms in total. The zero-order valence-electron chi connectivity index (χ0n) is 16.2. The fourth-order valence-corrected chi connectivity index (χ4v) is 4.70. The summed E-state index contributed by atoms with van der Waals surface area (Å²) in [5.74, 6) is 1.43. The molecule has 2 atom stereocenters. The van der Waals surface area contributed by atoms with Gasteiger partial charge in [-0.05, 0) is 66.8 Å². The number of para-hydroxylation sites is 1. The second kappa shape index (κ2) is 8.35. The molecule has 5 rings (SSSR count). The minimum atomic E-state index is -0.218. The lowest BCUT2D eigenvalue weighted by Gasteiger charge is -2.26. The van der Waals surface area contributed by atoms with Crippen molar-refractivity contribution >= 4 is 46.2 Å². The van der Waals surface area contributed by atoms with E-state index >= 15 is 0 Å². The third kappa shape index (κ3) is 3.81. The standard InChI is InChI=1S/C24H17Cl2N3OS/c25-15-9-10-17(18(26)14-15)20-11-12-21(30-20)23-22(19-8-4-5-13-27-19)28-24(31)29(23)16-6-2-1-3-7-16/h1-14,22-23H,(H,28,31). The monoisotopic (exact) mass is 465 g/mol. The number of hydrogen-bond donors (Lipinski definition) is 1. The van der Waals surface area contributed by atoms with E-state index in [1.807, 2.05) is 66.7 Å². The van der Waals surface area contributed by atoms with Crippen molar-refractivity contribution in [3.63, 3.8) is 0 Å². The molecular formula is C24H17Cl2N3OS. The van der Waals surface area contributed by atoms with Gasteiger partial charge in [0.25, 0.3) is 0 Å². The Labute approximate surface area is 195 Å². The molecule has 0 saturated carbocycles. The highest BCUT2D eigenvalue weighted by molar-refractivity contribution is 7.80. The van der Waals surface area contributed by atoms with Gasteiger partial charge in [-0.25, -0.2) is 0 Å². The SMILES string of the molecule is S=C1NC(c2ccccn2)C(c2ccc(-c3ccc(Cl)cc3Cl)o2)N1c1ccccc1. The first-order valence-corrected chi connectivity index (χ1v) is 10.9. The van der Waals surface area contributed by atoms with Crippen LogP contribution in [0, 0.1) is 0 Å². The number of hydrogen-bond acceptors (Lipinski definition) is 3. The second-order valence-electron chi connectivity index (χ2n) is 7.16. The molecule has 0 bridgehead atoms. The molecule has 154 valence electrons. The van der Waals surface area contributed by atoms with Crippen molar-refractivity contribution in [2.45, 2.75) is 12.1 Å². The summed E-state index contributed by atoms with van der Waals surface area (Å²) in [6.45, 7) is 0. The van der Waals surface area contributed by atoms with E-state index in [2.05, 4.69) is 15.2 Å². The predicted octanol–water partition coefficient (Wildman–Crippen LogP) is 6.83. The number of benzene rings is 2. The van der Waals surface area contributed by atoms with Gasteiger partial charge in [0.15, 0.2) is 5.11 Å². The lowest BCUT2D eigenvalue weighted by molar-refractivity contribution is 0.439. The van der Waals surface area contributed by atoms with E-state index in [-0.39, 0.29) is 12.1 Å². The van der Waals surface area contributed by atoms with Gasteiger partial charge >= 0.3 is 0 Å². The van der Waals surface area contributed by atoms with Crippen LogP contribution in [0.2, 0.25) is 10.0 Å². The third-order valence-corrected chi connectivity index (χ3v) is 6.11. The Morgan fingerprint density at radius 1 is 0.935 bits per heavy atom. The van der Waals surface area contributed by atoms with Gasteiger partial charge in [-0.15, -0.1) is 0 Å². The van der Waals surface area contributed by atoms with Gasteiger partial charge in [0.1, 0.15) is 17.6 Å². The number of anilines is 1. The maximum absolute atomic E-state index is 6.41. The number of nitrogens with one attached hydrogen (secondary N) is 1. The Hall–Kier alpha value is -2.86. The van der Waals surface area contributed by atoms with E-state index in [9.17, 15) is 0 Å². The molecule has 1 saturated heterocycles. The van der Waals surface area contributed by atoms with Crippen molar-refractivity contribution in [2.75, 3.05) is 4.90 Å². The van der Waals surface area contributed by atoms with Crippen molar-refractivity contribution in [1.29, 1.82) is 0 Å². The molecule has 4 aromatic rings. The summed E-state index contributed by atoms with van der Waals surface area (Å²) in [4.78, 5) is 6.63. The molecule has 2 aromatic heterocycles. The minimum absolute atomic E-state index is 0.173. The van der Waals surface area contributed by atoms with Crippen LogP contribution in [0.15, 0.2) is 89.5 Å². The summed E-state index contributed by atoms with van der Waals surface area (Å²) < 4.78 is 6.33. The highest BCUT2D eigenvalue weighted by Crippen LogP contribution is 2.43. The Morgan fingerprint density at radius 3 is 2.48 bits per heavy atom. The second-order valence-corrected chi connectivity index (χ2v) is 8.39. The van der Waals surface area contributed by atoms with Crippen LogP contribution < -0.4 is 10.2 Å². The van der Waals surface area contributed by atoms with Crippen molar-refractivity contribution < 1.29 is 4.42 Å². The van der Waals surface area contributed by atoms with Gasteiger partial charge in [0.2, 0.25) is 0 Å². The molecule has 2 unspecified atom stereocenters. The highest BCUT2D eigenvalue weighted by atomic mass is 35.5. The molecule has 7 heteroatoms. The molecule has 0 spiro atoms. The molecule has 31 heavy (non-hydrogen) atoms. The van der Waals surface area contributed by atoms with Crippen LogP contribution in [0.25, 0.3) is 11.3 Å². The molecular weight excluding hydrogens is 449 g/mol. The summed E-state index contributed by atoms with van der Waals surface area (Å²) in [6, 6.07) is 24.7. The molecule has 0 radical (unpaired) electrons. The number of thiocarbonyl (C=S) groups is 1. The van der Waals surface area contributed by atoms with E-state index in [1.165, 1.54) is 0 Å². The maximum Gasteiger partial charge on any atom is 0.174 e. The first kappa shape index (κ1) is 20.1. The quantitative estimate of drug-likeness (QED) is 0.334. The fourth-order valence-electron chi connectivity index (χ4n) is 3.86. The smallest absolute Gasteiger partial charge is 0.174 e. The Bertz CT molecular complexity index is 1230. The van der Waals surface area contributed by atoms with Crippen LogP contribution in [0.5, 0.6) is 0 Å². The van der Waals surface area contributed by atoms with Crippen molar-refractivity contribution in [1.82, 2.24) is 10.3 Å². The fraction of sp³-hybridized carbons (Fsp3) is 0.0833. The number of rotatable bonds is 4. The molecule has 0 amide bonds. The van der Waals surface area contributed by atoms with E-state index in [1.54, 1.807) is 18.3 Å². The Kier molecular flexibility index (Phi) is 5.40. The molecule has 1 aliphatic rings. The van der Waals surface area contributed by atoms with Crippen LogP contribution in [0.3, 0.4) is 0 Å². The Balaban J connectivity index is 1.60. The van der Waals surface area contributed by atoms with E-state index in [0.717, 1.165) is 22.7 Å². The number of nitrogens with zero attached hydrogens (tertiary/aromatic N) is 2. The van der Waals surface area contributed by atoms with Crippen LogP contribution in [0.1, 0.15) is 23.5 Å². The first-order valence-electron chi connectivity index (χ1n) is 9.72. The molecule has 2 aromatic carbocycles. The minimum Gasteiger partial charge on any atom is -0.459 e. The summed E-state index contributed by atoms with van der Waals surface area (Å²) >= 11 is 18.2. The average Bonchev–Trinajstić information content (AvgIpc) is 3.39. The van der Waals surface area contributed by atoms with Crippen LogP contribution in [0.4, 0.5) is 5.69 Å². The predicted molar refractivity (Wildman–Crippen MR) is 129 cm³/mol. The third-order valence-electron chi connectivity index (χ3n) is 5.25. The van der Waals surface area contributed by atoms with Crippen molar-refractivity contribution in [3.05, 3.63) is 107 Å². The van der Waals surface area contributed by atoms with Gasteiger partial charge in [-0.3, -0.25) is 4.98 Å². The van der Waals surface area contributed by atoms with E-state index in [4.69, 9.17) is 39.8 Å². The number of aromatic nitrogens is 1. The zero-order valence-corrected chi connectivity index (χ0v) is 18.5. The zero-order chi connectivity index (χ0) is 21.4. The molecule has 1 fully saturated rings. The summed E-state index contributed by atoms with van der Waals surface area (Å²) in [7, 11) is 0. The highest BCUT2D eigenvalue weighted by Gasteiger charge is 2.42. The molecule has 1 N–H and O–H groups in total. The number of halogens is 2. The van der Waals surface area contributed by atoms with Gasteiger partial charge in [0.05, 0.1) is 16.8 Å². The summed E-state index contributed by atoms with van der Waals surface area (Å²) in [5, 5.41) is 5.16. The van der Waals surface area contributed by atoms with Gasteiger partial charge in [-0.1, -0.05) is 47.5 Å². The van der Waals surface area contributed by atoms with Crippen LogP contribution in [-0.2, 0) is 0 Å². The van der Waals surface area contributed by atoms with Gasteiger partial charge in [-0.2, -0.15) is 0 Å². The van der Waals surface area contributed by atoms with Gasteiger partial charge in [0, 0.05) is 22.5 Å². The maximum atomic E-state index is 6.41. The first-order chi connectivity index (χ1) is 15.1. The number of furan rings is 1. The molecule has 0 aliphatic carbocycles. The van der Waals surface area contributed by atoms with E-state index in [0.29, 0.717) is 20.9 Å². The summed E-state index contributed by atoms with van der Waals surface area (Å²) in [6.07, 6.45) is 1.78. The lowest BCUT2D eigenvalue weighted by atomic mass is 10.0. The largest absolute Gasteiger partial charge is 0.459 e. The van der Waals surface area contributed by atoms with Gasteiger partial charge < -0.3 is 14.6 Å². The van der Waals surface area contributed by atoms with E-state index < -0.39 is 0 Å². The summed E-state index contributed by atoms with van der Waals surface area (Å²) in [5.41, 5.74) is 2.65. The van der Waals surface area contributed by atoms with Crippen molar-refractivity contribution in [2.24, 2.45) is 0 Å². The average molecular weight is 466 g/mol. The number of pyridine rings is 1. The molecule has 1 aliphatic heterocycles. The topological polar surface area (TPSA) is 41.3 Å². The van der Waals surface area contributed by atoms with Crippen molar-refractivity contribution in [3.8, 4) is 11.3 Å². The normalized spacial score (nSPS) is 18.3. The lowest BCUT2D eigenvalue weighted by Crippen LogP contribution is -2.29. The van der Waals surface area contributed by atoms with Crippen LogP contribution >= 0.6 is 35.4 Å². The molecule has 3 heterocycles. The van der Waals surface area contributed by atoms with Crippen LogP contribution in [-0.4, -0.2) is 10.1 Å². The Morgan fingerprint density at radius 2 is 1.74 bits per heavy atom.